The number of imide groups is 1. The number of urea groups is 1. The van der Waals surface area contributed by atoms with E-state index in [0.29, 0.717) is 37.0 Å². The van der Waals surface area contributed by atoms with Crippen LogP contribution >= 0.6 is 0 Å². The van der Waals surface area contributed by atoms with Crippen LogP contribution in [-0.4, -0.2) is 51.3 Å². The lowest BCUT2D eigenvalue weighted by Crippen LogP contribution is -2.55. The van der Waals surface area contributed by atoms with E-state index in [4.69, 9.17) is 0 Å². The molecule has 2 aliphatic heterocycles. The van der Waals surface area contributed by atoms with Crippen LogP contribution in [0.3, 0.4) is 0 Å². The molecule has 3 heterocycles. The molecule has 2 aliphatic rings. The Morgan fingerprint density at radius 2 is 1.73 bits per heavy atom. The molecule has 2 saturated heterocycles. The minimum Gasteiger partial charge on any atom is -0.338 e. The zero-order chi connectivity index (χ0) is 18.5. The van der Waals surface area contributed by atoms with Crippen LogP contribution in [0.2, 0.25) is 0 Å². The molecule has 8 heteroatoms. The number of carbonyl (C=O) groups is 3. The molecule has 4 rings (SSSR count). The molecule has 8 nitrogen and oxygen atoms in total. The second kappa shape index (κ2) is 5.76. The first-order valence-electron chi connectivity index (χ1n) is 8.56. The number of carbonyl (C=O) groups excluding carboxylic acids is 3. The highest BCUT2D eigenvalue weighted by atomic mass is 16.2. The highest BCUT2D eigenvalue weighted by Gasteiger charge is 2.48. The molecular weight excluding hydrogens is 334 g/mol. The third kappa shape index (κ3) is 2.58. The lowest BCUT2D eigenvalue weighted by Gasteiger charge is -2.37. The van der Waals surface area contributed by atoms with Gasteiger partial charge < -0.3 is 10.2 Å². The summed E-state index contributed by atoms with van der Waals surface area (Å²) in [4.78, 5) is 46.9. The summed E-state index contributed by atoms with van der Waals surface area (Å²) in [6.07, 6.45) is 0.810. The number of hydrogen-bond donors (Lipinski definition) is 2. The highest BCUT2D eigenvalue weighted by Crippen LogP contribution is 2.26. The molecule has 1 spiro atoms. The van der Waals surface area contributed by atoms with Crippen molar-refractivity contribution < 1.29 is 14.4 Å². The van der Waals surface area contributed by atoms with Crippen molar-refractivity contribution in [3.63, 3.8) is 0 Å². The summed E-state index contributed by atoms with van der Waals surface area (Å²) in [6.45, 7) is 4.61. The predicted molar refractivity (Wildman–Crippen MR) is 93.6 cm³/mol. The Labute approximate surface area is 150 Å². The monoisotopic (exact) mass is 353 g/mol. The van der Waals surface area contributed by atoms with E-state index in [1.165, 1.54) is 0 Å². The van der Waals surface area contributed by atoms with Crippen molar-refractivity contribution in [2.45, 2.75) is 32.2 Å². The molecule has 0 aliphatic carbocycles. The van der Waals surface area contributed by atoms with Gasteiger partial charge in [-0.2, -0.15) is 0 Å². The van der Waals surface area contributed by atoms with Crippen molar-refractivity contribution in [3.8, 4) is 0 Å². The van der Waals surface area contributed by atoms with Gasteiger partial charge in [-0.1, -0.05) is 0 Å². The Bertz CT molecular complexity index is 947. The van der Waals surface area contributed by atoms with E-state index in [2.05, 4.69) is 20.6 Å². The van der Waals surface area contributed by atoms with Crippen LogP contribution in [-0.2, 0) is 4.79 Å². The van der Waals surface area contributed by atoms with Crippen molar-refractivity contribution >= 4 is 28.9 Å². The summed E-state index contributed by atoms with van der Waals surface area (Å²) >= 11 is 0. The Morgan fingerprint density at radius 3 is 2.35 bits per heavy atom. The lowest BCUT2D eigenvalue weighted by molar-refractivity contribution is -0.125. The number of amides is 4. The molecular formula is C18H19N5O3. The van der Waals surface area contributed by atoms with Crippen LogP contribution in [0, 0.1) is 13.8 Å². The molecule has 0 atom stereocenters. The fourth-order valence-corrected chi connectivity index (χ4v) is 3.52. The SMILES string of the molecule is Cc1nc2ccc(C(=O)N3CCC4(CC3)NC(=O)NC4=O)cc2nc1C. The summed E-state index contributed by atoms with van der Waals surface area (Å²) in [5.41, 5.74) is 2.82. The summed E-state index contributed by atoms with van der Waals surface area (Å²) in [5.74, 6) is -0.409. The summed E-state index contributed by atoms with van der Waals surface area (Å²) in [6, 6.07) is 4.85. The van der Waals surface area contributed by atoms with E-state index in [1.54, 1.807) is 23.1 Å². The Kier molecular flexibility index (Phi) is 3.64. The van der Waals surface area contributed by atoms with E-state index >= 15 is 0 Å². The number of nitrogens with one attached hydrogen (secondary N) is 2. The second-order valence-electron chi connectivity index (χ2n) is 6.88. The number of nitrogens with zero attached hydrogens (tertiary/aromatic N) is 3. The predicted octanol–water partition coefficient (Wildman–Crippen LogP) is 1.06. The third-order valence-electron chi connectivity index (χ3n) is 5.24. The van der Waals surface area contributed by atoms with Gasteiger partial charge in [0, 0.05) is 18.7 Å². The Hall–Kier alpha value is -3.03. The molecule has 0 bridgehead atoms. The zero-order valence-corrected chi connectivity index (χ0v) is 14.6. The van der Waals surface area contributed by atoms with Gasteiger partial charge >= 0.3 is 6.03 Å². The molecule has 0 saturated carbocycles. The Morgan fingerprint density at radius 1 is 1.08 bits per heavy atom. The number of rotatable bonds is 1. The largest absolute Gasteiger partial charge is 0.338 e. The number of benzene rings is 1. The molecule has 0 radical (unpaired) electrons. The van der Waals surface area contributed by atoms with Crippen molar-refractivity contribution in [2.75, 3.05) is 13.1 Å². The molecule has 134 valence electrons. The van der Waals surface area contributed by atoms with Crippen LogP contribution in [0.1, 0.15) is 34.6 Å². The minimum absolute atomic E-state index is 0.105. The van der Waals surface area contributed by atoms with Crippen LogP contribution in [0.15, 0.2) is 18.2 Å². The topological polar surface area (TPSA) is 104 Å². The number of aryl methyl sites for hydroxylation is 2. The van der Waals surface area contributed by atoms with Crippen LogP contribution in [0.4, 0.5) is 4.79 Å². The maximum atomic E-state index is 12.8. The van der Waals surface area contributed by atoms with Gasteiger partial charge in [0.15, 0.2) is 0 Å². The average Bonchev–Trinajstić information content (AvgIpc) is 2.89. The van der Waals surface area contributed by atoms with Gasteiger partial charge in [-0.15, -0.1) is 0 Å². The fourth-order valence-electron chi connectivity index (χ4n) is 3.52. The quantitative estimate of drug-likeness (QED) is 0.746. The minimum atomic E-state index is -0.878. The van der Waals surface area contributed by atoms with Gasteiger partial charge in [-0.05, 0) is 44.9 Å². The third-order valence-corrected chi connectivity index (χ3v) is 5.24. The summed E-state index contributed by atoms with van der Waals surface area (Å²) in [5, 5.41) is 4.97. The number of aromatic nitrogens is 2. The first-order valence-corrected chi connectivity index (χ1v) is 8.56. The normalized spacial score (nSPS) is 18.9. The number of fused-ring (bicyclic) bond motifs is 1. The first kappa shape index (κ1) is 16.4. The van der Waals surface area contributed by atoms with Gasteiger partial charge in [0.1, 0.15) is 5.54 Å². The van der Waals surface area contributed by atoms with Gasteiger partial charge in [-0.25, -0.2) is 14.8 Å². The molecule has 0 unspecified atom stereocenters. The van der Waals surface area contributed by atoms with Crippen molar-refractivity contribution in [2.24, 2.45) is 0 Å². The van der Waals surface area contributed by atoms with E-state index in [9.17, 15) is 14.4 Å². The van der Waals surface area contributed by atoms with E-state index in [1.807, 2.05) is 13.8 Å². The number of piperidine rings is 1. The standard InChI is InChI=1S/C18H19N5O3/c1-10-11(2)20-14-9-12(3-4-13(14)19-10)15(24)23-7-5-18(6-8-23)16(25)21-17(26)22-18/h3-4,9H,5-8H2,1-2H3,(H2,21,22,25,26). The van der Waals surface area contributed by atoms with Crippen molar-refractivity contribution in [1.82, 2.24) is 25.5 Å². The summed E-state index contributed by atoms with van der Waals surface area (Å²) in [7, 11) is 0. The Balaban J connectivity index is 1.53. The van der Waals surface area contributed by atoms with E-state index < -0.39 is 11.6 Å². The highest BCUT2D eigenvalue weighted by molar-refractivity contribution is 6.07. The van der Waals surface area contributed by atoms with E-state index in [0.717, 1.165) is 16.9 Å². The fraction of sp³-hybridized carbons (Fsp3) is 0.389. The number of likely N-dealkylation sites (tertiary alicyclic amines) is 1. The van der Waals surface area contributed by atoms with Crippen molar-refractivity contribution in [3.05, 3.63) is 35.2 Å². The van der Waals surface area contributed by atoms with Crippen LogP contribution in [0.25, 0.3) is 11.0 Å². The molecule has 4 amide bonds. The van der Waals surface area contributed by atoms with Crippen LogP contribution in [0.5, 0.6) is 0 Å². The van der Waals surface area contributed by atoms with Gasteiger partial charge in [0.2, 0.25) is 0 Å². The first-order chi connectivity index (χ1) is 12.4. The average molecular weight is 353 g/mol. The smallest absolute Gasteiger partial charge is 0.322 e. The van der Waals surface area contributed by atoms with Gasteiger partial charge in [-0.3, -0.25) is 14.9 Å². The van der Waals surface area contributed by atoms with Crippen molar-refractivity contribution in [1.29, 1.82) is 0 Å². The molecule has 2 fully saturated rings. The number of hydrogen-bond acceptors (Lipinski definition) is 5. The van der Waals surface area contributed by atoms with E-state index in [-0.39, 0.29) is 11.8 Å². The zero-order valence-electron chi connectivity index (χ0n) is 14.6. The second-order valence-corrected chi connectivity index (χ2v) is 6.88. The maximum absolute atomic E-state index is 12.8. The molecule has 1 aromatic carbocycles. The molecule has 2 aromatic rings. The molecule has 26 heavy (non-hydrogen) atoms. The molecule has 1 aromatic heterocycles. The van der Waals surface area contributed by atoms with Crippen LogP contribution < -0.4 is 10.6 Å². The van der Waals surface area contributed by atoms with Gasteiger partial charge in [0.05, 0.1) is 22.4 Å². The summed E-state index contributed by atoms with van der Waals surface area (Å²) < 4.78 is 0. The van der Waals surface area contributed by atoms with Gasteiger partial charge in [0.25, 0.3) is 11.8 Å². The molecule has 2 N–H and O–H groups in total. The lowest BCUT2D eigenvalue weighted by atomic mass is 9.87. The maximum Gasteiger partial charge on any atom is 0.322 e.